The molecular formula is C23H23N3O4. The molecule has 7 heteroatoms. The van der Waals surface area contributed by atoms with E-state index in [0.29, 0.717) is 22.6 Å². The summed E-state index contributed by atoms with van der Waals surface area (Å²) >= 11 is 0. The van der Waals surface area contributed by atoms with Gasteiger partial charge in [0.15, 0.2) is 0 Å². The normalized spacial score (nSPS) is 11.6. The molecule has 1 aromatic heterocycles. The molecule has 154 valence electrons. The molecule has 0 aliphatic heterocycles. The standard InChI is InChI=1S/C23H23N3O4/c1-15-5-11-19(20(13-15)26(28)29)21-12-10-18(30-21)14-24-25-22(27)16-6-8-17(9-7-16)23(2,3)4/h5-14H,1-4H3,(H,25,27)/b24-14-. The van der Waals surface area contributed by atoms with Crippen LogP contribution < -0.4 is 5.43 Å². The molecule has 0 radical (unpaired) electrons. The van der Waals surface area contributed by atoms with Crippen molar-refractivity contribution >= 4 is 17.8 Å². The third-order valence-corrected chi connectivity index (χ3v) is 4.61. The lowest BCUT2D eigenvalue weighted by Crippen LogP contribution is -2.18. The third-order valence-electron chi connectivity index (χ3n) is 4.61. The minimum atomic E-state index is -0.441. The van der Waals surface area contributed by atoms with Gasteiger partial charge in [0.25, 0.3) is 11.6 Å². The van der Waals surface area contributed by atoms with E-state index in [0.717, 1.165) is 11.1 Å². The van der Waals surface area contributed by atoms with Crippen LogP contribution in [0.3, 0.4) is 0 Å². The lowest BCUT2D eigenvalue weighted by molar-refractivity contribution is -0.384. The minimum Gasteiger partial charge on any atom is -0.455 e. The van der Waals surface area contributed by atoms with E-state index in [4.69, 9.17) is 4.42 Å². The van der Waals surface area contributed by atoms with Crippen molar-refractivity contribution in [2.75, 3.05) is 0 Å². The van der Waals surface area contributed by atoms with Crippen LogP contribution in [0.2, 0.25) is 0 Å². The van der Waals surface area contributed by atoms with Crippen LogP contribution in [0.25, 0.3) is 11.3 Å². The van der Waals surface area contributed by atoms with Crippen LogP contribution in [0.15, 0.2) is 64.1 Å². The number of amides is 1. The Kier molecular flexibility index (Phi) is 5.82. The number of aryl methyl sites for hydroxylation is 1. The molecule has 0 atom stereocenters. The van der Waals surface area contributed by atoms with Crippen LogP contribution in [0.4, 0.5) is 5.69 Å². The van der Waals surface area contributed by atoms with Gasteiger partial charge in [0, 0.05) is 11.6 Å². The van der Waals surface area contributed by atoms with E-state index in [1.54, 1.807) is 43.3 Å². The van der Waals surface area contributed by atoms with E-state index in [1.807, 2.05) is 12.1 Å². The summed E-state index contributed by atoms with van der Waals surface area (Å²) in [5.41, 5.74) is 5.24. The number of rotatable bonds is 5. The van der Waals surface area contributed by atoms with Crippen LogP contribution >= 0.6 is 0 Å². The maximum atomic E-state index is 12.2. The molecule has 0 saturated heterocycles. The first-order chi connectivity index (χ1) is 14.1. The van der Waals surface area contributed by atoms with E-state index in [1.165, 1.54) is 12.3 Å². The molecule has 2 aromatic carbocycles. The molecule has 3 aromatic rings. The Hall–Kier alpha value is -3.74. The van der Waals surface area contributed by atoms with Crippen LogP contribution in [-0.2, 0) is 5.41 Å². The molecule has 0 aliphatic rings. The Balaban J connectivity index is 1.69. The Bertz CT molecular complexity index is 1110. The van der Waals surface area contributed by atoms with Crippen molar-refractivity contribution in [1.82, 2.24) is 5.43 Å². The predicted molar refractivity (Wildman–Crippen MR) is 116 cm³/mol. The average Bonchev–Trinajstić information content (AvgIpc) is 3.16. The molecule has 0 saturated carbocycles. The van der Waals surface area contributed by atoms with Gasteiger partial charge in [0.05, 0.1) is 16.7 Å². The Labute approximate surface area is 174 Å². The number of nitro groups is 1. The SMILES string of the molecule is Cc1ccc(-c2ccc(/C=N\NC(=O)c3ccc(C(C)(C)C)cc3)o2)c([N+](=O)[O-])c1. The fourth-order valence-corrected chi connectivity index (χ4v) is 2.91. The number of hydrazone groups is 1. The molecule has 1 heterocycles. The molecule has 0 aliphatic carbocycles. The molecule has 0 unspecified atom stereocenters. The monoisotopic (exact) mass is 405 g/mol. The first kappa shape index (κ1) is 21.0. The Morgan fingerprint density at radius 1 is 1.10 bits per heavy atom. The molecule has 1 N–H and O–H groups in total. The second-order valence-electron chi connectivity index (χ2n) is 8.01. The number of benzene rings is 2. The molecule has 0 spiro atoms. The van der Waals surface area contributed by atoms with Crippen LogP contribution in [-0.4, -0.2) is 17.0 Å². The summed E-state index contributed by atoms with van der Waals surface area (Å²) in [5.74, 6) is 0.378. The van der Waals surface area contributed by atoms with Gasteiger partial charge in [0.1, 0.15) is 11.5 Å². The Morgan fingerprint density at radius 3 is 2.43 bits per heavy atom. The number of nitrogens with one attached hydrogen (secondary N) is 1. The lowest BCUT2D eigenvalue weighted by Gasteiger charge is -2.18. The highest BCUT2D eigenvalue weighted by Crippen LogP contribution is 2.31. The summed E-state index contributed by atoms with van der Waals surface area (Å²) in [5, 5.41) is 15.2. The van der Waals surface area contributed by atoms with E-state index >= 15 is 0 Å². The maximum Gasteiger partial charge on any atom is 0.280 e. The zero-order valence-electron chi connectivity index (χ0n) is 17.3. The second kappa shape index (κ2) is 8.32. The van der Waals surface area contributed by atoms with E-state index in [-0.39, 0.29) is 17.0 Å². The van der Waals surface area contributed by atoms with Crippen molar-refractivity contribution in [2.45, 2.75) is 33.1 Å². The van der Waals surface area contributed by atoms with Crippen LogP contribution in [0, 0.1) is 17.0 Å². The predicted octanol–water partition coefficient (Wildman–Crippen LogP) is 5.22. The van der Waals surface area contributed by atoms with Gasteiger partial charge in [-0.2, -0.15) is 5.10 Å². The molecule has 0 fully saturated rings. The molecule has 0 bridgehead atoms. The van der Waals surface area contributed by atoms with Crippen LogP contribution in [0.5, 0.6) is 0 Å². The lowest BCUT2D eigenvalue weighted by atomic mass is 9.87. The summed E-state index contributed by atoms with van der Waals surface area (Å²) in [4.78, 5) is 23.1. The molecule has 30 heavy (non-hydrogen) atoms. The van der Waals surface area contributed by atoms with Crippen molar-refractivity contribution in [3.8, 4) is 11.3 Å². The highest BCUT2D eigenvalue weighted by atomic mass is 16.6. The van der Waals surface area contributed by atoms with Crippen molar-refractivity contribution in [1.29, 1.82) is 0 Å². The van der Waals surface area contributed by atoms with E-state index in [2.05, 4.69) is 31.3 Å². The Morgan fingerprint density at radius 2 is 1.80 bits per heavy atom. The van der Waals surface area contributed by atoms with Gasteiger partial charge in [0.2, 0.25) is 0 Å². The third kappa shape index (κ3) is 4.81. The zero-order valence-corrected chi connectivity index (χ0v) is 17.3. The number of hydrogen-bond acceptors (Lipinski definition) is 5. The number of furan rings is 1. The largest absolute Gasteiger partial charge is 0.455 e. The van der Waals surface area contributed by atoms with Gasteiger partial charge < -0.3 is 4.42 Å². The number of hydrogen-bond donors (Lipinski definition) is 1. The summed E-state index contributed by atoms with van der Waals surface area (Å²) in [6, 6.07) is 15.5. The van der Waals surface area contributed by atoms with E-state index in [9.17, 15) is 14.9 Å². The summed E-state index contributed by atoms with van der Waals surface area (Å²) in [6.45, 7) is 8.11. The van der Waals surface area contributed by atoms with Crippen molar-refractivity contribution in [3.05, 3.63) is 87.2 Å². The molecule has 1 amide bonds. The van der Waals surface area contributed by atoms with Gasteiger partial charge in [-0.3, -0.25) is 14.9 Å². The van der Waals surface area contributed by atoms with Gasteiger partial charge in [-0.1, -0.05) is 39.0 Å². The number of carbonyl (C=O) groups excluding carboxylic acids is 1. The fourth-order valence-electron chi connectivity index (χ4n) is 2.91. The summed E-state index contributed by atoms with van der Waals surface area (Å²) in [6.07, 6.45) is 1.35. The summed E-state index contributed by atoms with van der Waals surface area (Å²) in [7, 11) is 0. The van der Waals surface area contributed by atoms with Gasteiger partial charge >= 0.3 is 0 Å². The van der Waals surface area contributed by atoms with Crippen molar-refractivity contribution < 1.29 is 14.1 Å². The molecular weight excluding hydrogens is 382 g/mol. The van der Waals surface area contributed by atoms with Gasteiger partial charge in [-0.05, 0) is 53.8 Å². The minimum absolute atomic E-state index is 0.0106. The number of nitrogens with zero attached hydrogens (tertiary/aromatic N) is 2. The average molecular weight is 405 g/mol. The first-order valence-electron chi connectivity index (χ1n) is 9.44. The van der Waals surface area contributed by atoms with Crippen molar-refractivity contribution in [2.24, 2.45) is 5.10 Å². The number of carbonyl (C=O) groups is 1. The number of nitro benzene ring substituents is 1. The smallest absolute Gasteiger partial charge is 0.280 e. The molecule has 3 rings (SSSR count). The fraction of sp³-hybridized carbons (Fsp3) is 0.217. The molecule has 7 nitrogen and oxygen atoms in total. The quantitative estimate of drug-likeness (QED) is 0.357. The topological polar surface area (TPSA) is 97.7 Å². The highest BCUT2D eigenvalue weighted by molar-refractivity contribution is 5.94. The second-order valence-corrected chi connectivity index (χ2v) is 8.01. The maximum absolute atomic E-state index is 12.2. The first-order valence-corrected chi connectivity index (χ1v) is 9.44. The summed E-state index contributed by atoms with van der Waals surface area (Å²) < 4.78 is 5.64. The highest BCUT2D eigenvalue weighted by Gasteiger charge is 2.18. The zero-order chi connectivity index (χ0) is 21.9. The van der Waals surface area contributed by atoms with Crippen molar-refractivity contribution in [3.63, 3.8) is 0 Å². The van der Waals surface area contributed by atoms with E-state index < -0.39 is 4.92 Å². The van der Waals surface area contributed by atoms with Crippen LogP contribution in [0.1, 0.15) is 48.0 Å². The van der Waals surface area contributed by atoms with Gasteiger partial charge in [-0.15, -0.1) is 0 Å². The van der Waals surface area contributed by atoms with Gasteiger partial charge in [-0.25, -0.2) is 5.43 Å².